The molecule has 3 N–H and O–H groups in total. The first-order valence-corrected chi connectivity index (χ1v) is 3.02. The van der Waals surface area contributed by atoms with Crippen LogP contribution in [0, 0.1) is 6.42 Å². The third-order valence-electron chi connectivity index (χ3n) is 1.03. The van der Waals surface area contributed by atoms with Crippen LogP contribution in [-0.2, 0) is 0 Å². The van der Waals surface area contributed by atoms with Crippen LogP contribution in [0.1, 0.15) is 12.8 Å². The molecule has 0 spiro atoms. The fraction of sp³-hybridized carbons (Fsp3) is 0.833. The molecule has 0 rings (SSSR count). The number of aliphatic hydroxyl groups excluding tert-OH is 3. The monoisotopic (exact) mass is 133 g/mol. The van der Waals surface area contributed by atoms with Crippen molar-refractivity contribution in [2.45, 2.75) is 18.9 Å². The third kappa shape index (κ3) is 5.76. The zero-order valence-electron chi connectivity index (χ0n) is 5.32. The Kier molecular flexibility index (Phi) is 5.93. The van der Waals surface area contributed by atoms with Crippen molar-refractivity contribution in [3.63, 3.8) is 0 Å². The molecule has 9 heavy (non-hydrogen) atoms. The van der Waals surface area contributed by atoms with Gasteiger partial charge in [0.25, 0.3) is 0 Å². The van der Waals surface area contributed by atoms with Gasteiger partial charge in [0.15, 0.2) is 0 Å². The van der Waals surface area contributed by atoms with Crippen LogP contribution in [0.2, 0.25) is 0 Å². The van der Waals surface area contributed by atoms with E-state index in [1.807, 2.05) is 0 Å². The Bertz CT molecular complexity index is 56.3. The van der Waals surface area contributed by atoms with Gasteiger partial charge in [-0.25, -0.2) is 0 Å². The lowest BCUT2D eigenvalue weighted by Crippen LogP contribution is -2.09. The van der Waals surface area contributed by atoms with E-state index in [1.54, 1.807) is 6.42 Å². The van der Waals surface area contributed by atoms with Gasteiger partial charge in [-0.2, -0.15) is 0 Å². The van der Waals surface area contributed by atoms with Crippen LogP contribution in [0.3, 0.4) is 0 Å². The Balaban J connectivity index is 2.95. The highest BCUT2D eigenvalue weighted by Gasteiger charge is 2.00. The van der Waals surface area contributed by atoms with Gasteiger partial charge in [-0.3, -0.25) is 0 Å². The molecule has 0 aromatic carbocycles. The van der Waals surface area contributed by atoms with E-state index < -0.39 is 6.10 Å². The second-order valence-electron chi connectivity index (χ2n) is 1.87. The number of aliphatic hydroxyl groups is 3. The van der Waals surface area contributed by atoms with Crippen LogP contribution in [0.5, 0.6) is 0 Å². The average molecular weight is 133 g/mol. The van der Waals surface area contributed by atoms with Crippen molar-refractivity contribution in [1.82, 2.24) is 0 Å². The van der Waals surface area contributed by atoms with Gasteiger partial charge in [0.05, 0.1) is 6.10 Å². The van der Waals surface area contributed by atoms with Crippen LogP contribution < -0.4 is 0 Å². The summed E-state index contributed by atoms with van der Waals surface area (Å²) in [5.74, 6) is 0. The van der Waals surface area contributed by atoms with Crippen molar-refractivity contribution >= 4 is 0 Å². The topological polar surface area (TPSA) is 60.7 Å². The summed E-state index contributed by atoms with van der Waals surface area (Å²) in [5, 5.41) is 25.4. The van der Waals surface area contributed by atoms with Gasteiger partial charge >= 0.3 is 0 Å². The maximum absolute atomic E-state index is 8.88. The minimum atomic E-state index is -0.498. The highest BCUT2D eigenvalue weighted by molar-refractivity contribution is 4.68. The zero-order chi connectivity index (χ0) is 7.11. The van der Waals surface area contributed by atoms with E-state index in [0.29, 0.717) is 12.8 Å². The van der Waals surface area contributed by atoms with Gasteiger partial charge in [-0.15, -0.1) is 0 Å². The van der Waals surface area contributed by atoms with Crippen LogP contribution >= 0.6 is 0 Å². The molecule has 0 heterocycles. The number of rotatable bonds is 5. The Morgan fingerprint density at radius 1 is 1.33 bits per heavy atom. The minimum absolute atomic E-state index is 0.000432. The molecule has 0 aromatic heterocycles. The van der Waals surface area contributed by atoms with Crippen molar-refractivity contribution in [3.8, 4) is 0 Å². The van der Waals surface area contributed by atoms with Gasteiger partial charge in [0.2, 0.25) is 0 Å². The molecule has 0 aliphatic rings. The van der Waals surface area contributed by atoms with Crippen LogP contribution in [0.25, 0.3) is 0 Å². The summed E-state index contributed by atoms with van der Waals surface area (Å²) in [6, 6.07) is 0. The first-order chi connectivity index (χ1) is 4.31. The van der Waals surface area contributed by atoms with Gasteiger partial charge in [-0.05, 0) is 19.3 Å². The maximum atomic E-state index is 8.88. The van der Waals surface area contributed by atoms with Gasteiger partial charge in [-0.1, -0.05) is 0 Å². The summed E-state index contributed by atoms with van der Waals surface area (Å²) >= 11 is 0. The molecule has 0 fully saturated rings. The lowest BCUT2D eigenvalue weighted by molar-refractivity contribution is 0.128. The maximum Gasteiger partial charge on any atom is 0.0565 e. The second kappa shape index (κ2) is 6.01. The van der Waals surface area contributed by atoms with Crippen molar-refractivity contribution in [2.24, 2.45) is 0 Å². The van der Waals surface area contributed by atoms with Crippen LogP contribution in [-0.4, -0.2) is 34.6 Å². The predicted octanol–water partition coefficient (Wildman–Crippen LogP) is -0.684. The third-order valence-corrected chi connectivity index (χ3v) is 1.03. The fourth-order valence-corrected chi connectivity index (χ4v) is 0.534. The smallest absolute Gasteiger partial charge is 0.0565 e. The molecule has 0 saturated heterocycles. The van der Waals surface area contributed by atoms with Gasteiger partial charge < -0.3 is 15.3 Å². The largest absolute Gasteiger partial charge is 0.396 e. The molecule has 0 amide bonds. The molecule has 3 nitrogen and oxygen atoms in total. The molecule has 1 atom stereocenters. The van der Waals surface area contributed by atoms with E-state index >= 15 is 0 Å². The highest BCUT2D eigenvalue weighted by atomic mass is 16.3. The number of hydrogen-bond acceptors (Lipinski definition) is 3. The zero-order valence-corrected chi connectivity index (χ0v) is 5.32. The van der Waals surface area contributed by atoms with E-state index in [4.69, 9.17) is 15.3 Å². The van der Waals surface area contributed by atoms with Crippen molar-refractivity contribution in [2.75, 3.05) is 13.2 Å². The Morgan fingerprint density at radius 3 is 2.44 bits per heavy atom. The lowest BCUT2D eigenvalue weighted by Gasteiger charge is -2.05. The molecule has 1 unspecified atom stereocenters. The molecule has 3 heteroatoms. The van der Waals surface area contributed by atoms with Crippen molar-refractivity contribution < 1.29 is 15.3 Å². The first kappa shape index (κ1) is 8.88. The first-order valence-electron chi connectivity index (χ1n) is 3.02. The molecule has 1 radical (unpaired) electrons. The van der Waals surface area contributed by atoms with E-state index in [-0.39, 0.29) is 13.2 Å². The van der Waals surface area contributed by atoms with E-state index in [0.717, 1.165) is 0 Å². The molecule has 55 valence electrons. The van der Waals surface area contributed by atoms with E-state index in [9.17, 15) is 0 Å². The summed E-state index contributed by atoms with van der Waals surface area (Å²) < 4.78 is 0. The number of hydrogen-bond donors (Lipinski definition) is 3. The standard InChI is InChI=1S/C6H13O3/c7-4-1-2-6(9)3-5-8/h1,6-9H,2-5H2. The Labute approximate surface area is 54.9 Å². The summed E-state index contributed by atoms with van der Waals surface area (Å²) in [5.41, 5.74) is 0. The lowest BCUT2D eigenvalue weighted by atomic mass is 10.1. The summed E-state index contributed by atoms with van der Waals surface area (Å²) in [7, 11) is 0. The molecule has 0 bridgehead atoms. The van der Waals surface area contributed by atoms with Gasteiger partial charge in [0, 0.05) is 13.2 Å². The Morgan fingerprint density at radius 2 is 2.00 bits per heavy atom. The Hall–Kier alpha value is -0.120. The van der Waals surface area contributed by atoms with E-state index in [1.165, 1.54) is 0 Å². The fourth-order valence-electron chi connectivity index (χ4n) is 0.534. The molecule has 0 saturated carbocycles. The predicted molar refractivity (Wildman–Crippen MR) is 33.7 cm³/mol. The normalized spacial score (nSPS) is 13.7. The summed E-state index contributed by atoms with van der Waals surface area (Å²) in [6.07, 6.45) is 1.91. The minimum Gasteiger partial charge on any atom is -0.396 e. The average Bonchev–Trinajstić information content (AvgIpc) is 1.85. The second-order valence-corrected chi connectivity index (χ2v) is 1.87. The summed E-state index contributed by atoms with van der Waals surface area (Å²) in [6.45, 7) is -0.0110. The highest BCUT2D eigenvalue weighted by Crippen LogP contribution is 1.98. The molecular weight excluding hydrogens is 120 g/mol. The van der Waals surface area contributed by atoms with Gasteiger partial charge in [0.1, 0.15) is 0 Å². The van der Waals surface area contributed by atoms with Crippen molar-refractivity contribution in [1.29, 1.82) is 0 Å². The van der Waals surface area contributed by atoms with Crippen molar-refractivity contribution in [3.05, 3.63) is 6.42 Å². The molecular formula is C6H13O3. The van der Waals surface area contributed by atoms with E-state index in [2.05, 4.69) is 0 Å². The SMILES string of the molecule is OC[CH]CC(O)CCO. The quantitative estimate of drug-likeness (QED) is 0.465. The van der Waals surface area contributed by atoms with Crippen LogP contribution in [0.4, 0.5) is 0 Å². The molecule has 0 aliphatic carbocycles. The molecule has 0 aliphatic heterocycles. The molecule has 0 aromatic rings. The summed E-state index contributed by atoms with van der Waals surface area (Å²) in [4.78, 5) is 0. The van der Waals surface area contributed by atoms with Crippen LogP contribution in [0.15, 0.2) is 0 Å².